The zero-order valence-electron chi connectivity index (χ0n) is 14.4. The molecule has 0 aliphatic rings. The van der Waals surface area contributed by atoms with Crippen molar-refractivity contribution in [2.24, 2.45) is 0 Å². The van der Waals surface area contributed by atoms with Crippen molar-refractivity contribution in [1.29, 1.82) is 0 Å². The molecule has 0 radical (unpaired) electrons. The molecule has 9 nitrogen and oxygen atoms in total. The van der Waals surface area contributed by atoms with Crippen LogP contribution in [0.2, 0.25) is 0 Å². The van der Waals surface area contributed by atoms with Crippen molar-refractivity contribution in [3.8, 4) is 5.69 Å². The summed E-state index contributed by atoms with van der Waals surface area (Å²) < 4.78 is 2.81. The maximum atomic E-state index is 12.5. The number of hydrogen-bond donors (Lipinski definition) is 1. The van der Waals surface area contributed by atoms with Crippen LogP contribution in [0.1, 0.15) is 18.5 Å². The molecule has 0 fully saturated rings. The number of carbonyl (C=O) groups is 1. The predicted molar refractivity (Wildman–Crippen MR) is 93.9 cm³/mol. The molecule has 0 aliphatic heterocycles. The van der Waals surface area contributed by atoms with Crippen LogP contribution < -0.4 is 11.2 Å². The normalized spacial score (nSPS) is 11.9. The molecular weight excluding hydrogens is 336 g/mol. The lowest BCUT2D eigenvalue weighted by molar-refractivity contribution is -0.132. The molecule has 26 heavy (non-hydrogen) atoms. The van der Waals surface area contributed by atoms with Gasteiger partial charge in [-0.05, 0) is 24.6 Å². The van der Waals surface area contributed by atoms with Crippen LogP contribution in [0.25, 0.3) is 5.69 Å². The topological polar surface area (TPSA) is 106 Å². The number of carbonyl (C=O) groups excluding carboxylic acids is 1. The van der Waals surface area contributed by atoms with E-state index in [2.05, 4.69) is 15.1 Å². The Hall–Kier alpha value is -3.49. The Morgan fingerprint density at radius 1 is 1.23 bits per heavy atom. The molecule has 0 bridgehead atoms. The summed E-state index contributed by atoms with van der Waals surface area (Å²) >= 11 is 0. The molecular formula is C17H18N6O3. The maximum absolute atomic E-state index is 12.5. The minimum Gasteiger partial charge on any atom is -0.337 e. The highest BCUT2D eigenvalue weighted by molar-refractivity contribution is 5.76. The van der Waals surface area contributed by atoms with Crippen LogP contribution in [0.15, 0.2) is 58.8 Å². The third-order valence-electron chi connectivity index (χ3n) is 4.24. The molecule has 0 spiro atoms. The van der Waals surface area contributed by atoms with Gasteiger partial charge >= 0.3 is 5.69 Å². The first-order valence-electron chi connectivity index (χ1n) is 7.96. The fourth-order valence-corrected chi connectivity index (χ4v) is 2.51. The lowest BCUT2D eigenvalue weighted by Gasteiger charge is -2.25. The van der Waals surface area contributed by atoms with E-state index < -0.39 is 11.2 Å². The van der Waals surface area contributed by atoms with E-state index in [1.54, 1.807) is 23.0 Å². The molecule has 2 heterocycles. The highest BCUT2D eigenvalue weighted by Gasteiger charge is 2.18. The van der Waals surface area contributed by atoms with Gasteiger partial charge in [0.2, 0.25) is 5.91 Å². The average molecular weight is 354 g/mol. The highest BCUT2D eigenvalue weighted by atomic mass is 16.2. The van der Waals surface area contributed by atoms with Gasteiger partial charge in [-0.2, -0.15) is 5.10 Å². The standard InChI is InChI=1S/C17H18N6O3/c1-12(13-3-5-14(6-4-13)23-11-18-10-19-23)21(2)16(25)9-22-8-7-15(24)20-17(22)26/h3-8,10-12H,9H2,1-2H3,(H,20,24,26)/t12-/m0/s1. The molecule has 9 heteroatoms. The van der Waals surface area contributed by atoms with Crippen LogP contribution in [-0.4, -0.2) is 42.2 Å². The van der Waals surface area contributed by atoms with Gasteiger partial charge in [0.25, 0.3) is 5.56 Å². The first kappa shape index (κ1) is 17.3. The third kappa shape index (κ3) is 3.61. The van der Waals surface area contributed by atoms with Crippen molar-refractivity contribution in [1.82, 2.24) is 29.2 Å². The smallest absolute Gasteiger partial charge is 0.328 e. The van der Waals surface area contributed by atoms with Crippen LogP contribution in [0, 0.1) is 0 Å². The summed E-state index contributed by atoms with van der Waals surface area (Å²) in [5, 5.41) is 4.07. The van der Waals surface area contributed by atoms with Crippen LogP contribution in [0.3, 0.4) is 0 Å². The molecule has 1 atom stereocenters. The van der Waals surface area contributed by atoms with Crippen LogP contribution in [0.4, 0.5) is 0 Å². The number of rotatable bonds is 5. The van der Waals surface area contributed by atoms with Gasteiger partial charge in [-0.3, -0.25) is 19.1 Å². The summed E-state index contributed by atoms with van der Waals surface area (Å²) in [4.78, 5) is 42.9. The quantitative estimate of drug-likeness (QED) is 0.711. The molecule has 1 aromatic carbocycles. The van der Waals surface area contributed by atoms with E-state index in [-0.39, 0.29) is 18.5 Å². The molecule has 134 valence electrons. The van der Waals surface area contributed by atoms with Gasteiger partial charge in [-0.1, -0.05) is 12.1 Å². The number of likely N-dealkylation sites (N-methyl/N-ethyl adjacent to an activating group) is 1. The van der Waals surface area contributed by atoms with Gasteiger partial charge in [-0.15, -0.1) is 0 Å². The van der Waals surface area contributed by atoms with E-state index in [1.807, 2.05) is 31.2 Å². The summed E-state index contributed by atoms with van der Waals surface area (Å²) in [5.74, 6) is -0.244. The minimum atomic E-state index is -0.607. The molecule has 0 unspecified atom stereocenters. The first-order valence-corrected chi connectivity index (χ1v) is 7.96. The lowest BCUT2D eigenvalue weighted by atomic mass is 10.1. The predicted octanol–water partition coefficient (Wildman–Crippen LogP) is 0.337. The number of H-pyrrole nitrogens is 1. The number of amides is 1. The number of hydrogen-bond acceptors (Lipinski definition) is 5. The second-order valence-electron chi connectivity index (χ2n) is 5.85. The zero-order valence-corrected chi connectivity index (χ0v) is 14.4. The van der Waals surface area contributed by atoms with E-state index in [0.29, 0.717) is 0 Å². The van der Waals surface area contributed by atoms with Crippen LogP contribution in [-0.2, 0) is 11.3 Å². The summed E-state index contributed by atoms with van der Waals surface area (Å²) in [7, 11) is 1.68. The van der Waals surface area contributed by atoms with Gasteiger partial charge in [0, 0.05) is 19.3 Å². The van der Waals surface area contributed by atoms with Crippen molar-refractivity contribution in [2.75, 3.05) is 7.05 Å². The van der Waals surface area contributed by atoms with Gasteiger partial charge in [0.05, 0.1) is 11.7 Å². The maximum Gasteiger partial charge on any atom is 0.328 e. The third-order valence-corrected chi connectivity index (χ3v) is 4.24. The monoisotopic (exact) mass is 354 g/mol. The number of aromatic nitrogens is 5. The fraction of sp³-hybridized carbons (Fsp3) is 0.235. The molecule has 0 saturated carbocycles. The van der Waals surface area contributed by atoms with E-state index in [1.165, 1.54) is 23.2 Å². The molecule has 0 saturated heterocycles. The van der Waals surface area contributed by atoms with Gasteiger partial charge in [0.15, 0.2) is 0 Å². The van der Waals surface area contributed by atoms with E-state index in [0.717, 1.165) is 11.3 Å². The van der Waals surface area contributed by atoms with Crippen molar-refractivity contribution in [3.05, 3.63) is 75.6 Å². The number of aromatic amines is 1. The van der Waals surface area contributed by atoms with E-state index in [4.69, 9.17) is 0 Å². The molecule has 1 N–H and O–H groups in total. The molecule has 1 amide bonds. The summed E-state index contributed by atoms with van der Waals surface area (Å²) in [6.45, 7) is 1.76. The van der Waals surface area contributed by atoms with Crippen molar-refractivity contribution < 1.29 is 4.79 Å². The zero-order chi connectivity index (χ0) is 18.7. The van der Waals surface area contributed by atoms with Gasteiger partial charge < -0.3 is 4.90 Å². The first-order chi connectivity index (χ1) is 12.5. The molecule has 3 aromatic rings. The second-order valence-corrected chi connectivity index (χ2v) is 5.85. The summed E-state index contributed by atoms with van der Waals surface area (Å²) in [6.07, 6.45) is 4.38. The Labute approximate surface area is 148 Å². The Morgan fingerprint density at radius 3 is 2.58 bits per heavy atom. The van der Waals surface area contributed by atoms with E-state index >= 15 is 0 Å². The Bertz CT molecular complexity index is 1000. The Morgan fingerprint density at radius 2 is 1.96 bits per heavy atom. The molecule has 0 aliphatic carbocycles. The van der Waals surface area contributed by atoms with Crippen LogP contribution in [0.5, 0.6) is 0 Å². The molecule has 3 rings (SSSR count). The SMILES string of the molecule is C[C@@H](c1ccc(-n2cncn2)cc1)N(C)C(=O)Cn1ccc(=O)[nH]c1=O. The lowest BCUT2D eigenvalue weighted by Crippen LogP contribution is -2.37. The van der Waals surface area contributed by atoms with Crippen molar-refractivity contribution in [3.63, 3.8) is 0 Å². The number of nitrogens with zero attached hydrogens (tertiary/aromatic N) is 5. The van der Waals surface area contributed by atoms with Crippen LogP contribution >= 0.6 is 0 Å². The van der Waals surface area contributed by atoms with E-state index in [9.17, 15) is 14.4 Å². The Kier molecular flexibility index (Phi) is 4.78. The fourth-order valence-electron chi connectivity index (χ4n) is 2.51. The van der Waals surface area contributed by atoms with Crippen molar-refractivity contribution >= 4 is 5.91 Å². The average Bonchev–Trinajstić information content (AvgIpc) is 3.17. The number of benzene rings is 1. The highest BCUT2D eigenvalue weighted by Crippen LogP contribution is 2.20. The number of nitrogens with one attached hydrogen (secondary N) is 1. The Balaban J connectivity index is 1.72. The largest absolute Gasteiger partial charge is 0.337 e. The van der Waals surface area contributed by atoms with Gasteiger partial charge in [-0.25, -0.2) is 14.5 Å². The summed E-state index contributed by atoms with van der Waals surface area (Å²) in [6, 6.07) is 8.64. The molecule has 2 aromatic heterocycles. The van der Waals surface area contributed by atoms with Crippen molar-refractivity contribution in [2.45, 2.75) is 19.5 Å². The summed E-state index contributed by atoms with van der Waals surface area (Å²) in [5.41, 5.74) is 0.711. The van der Waals surface area contributed by atoms with Gasteiger partial charge in [0.1, 0.15) is 19.2 Å². The minimum absolute atomic E-state index is 0.145. The second kappa shape index (κ2) is 7.18.